The lowest BCUT2D eigenvalue weighted by Gasteiger charge is -2.17. The summed E-state index contributed by atoms with van der Waals surface area (Å²) in [6.45, 7) is 4.19. The summed E-state index contributed by atoms with van der Waals surface area (Å²) in [5.74, 6) is 0.890. The molecule has 0 fully saturated rings. The molecule has 0 amide bonds. The topological polar surface area (TPSA) is 29.5 Å². The molecule has 14 heavy (non-hydrogen) atoms. The zero-order valence-electron chi connectivity index (χ0n) is 8.30. The molecule has 0 aromatic heterocycles. The fourth-order valence-corrected chi connectivity index (χ4v) is 2.28. The van der Waals surface area contributed by atoms with Crippen LogP contribution in [0.15, 0.2) is 16.6 Å². The van der Waals surface area contributed by atoms with Gasteiger partial charge < -0.3 is 9.84 Å². The van der Waals surface area contributed by atoms with Gasteiger partial charge in [-0.3, -0.25) is 0 Å². The van der Waals surface area contributed by atoms with Gasteiger partial charge in [0.2, 0.25) is 0 Å². The van der Waals surface area contributed by atoms with Crippen LogP contribution in [0, 0.1) is 0 Å². The van der Waals surface area contributed by atoms with Gasteiger partial charge in [0.15, 0.2) is 0 Å². The van der Waals surface area contributed by atoms with E-state index in [1.807, 2.05) is 12.1 Å². The first-order valence-electron chi connectivity index (χ1n) is 4.63. The van der Waals surface area contributed by atoms with Crippen molar-refractivity contribution in [2.75, 3.05) is 0 Å². The number of aliphatic hydroxyl groups excluding tert-OH is 1. The van der Waals surface area contributed by atoms with Gasteiger partial charge in [0.05, 0.1) is 11.1 Å². The Kier molecular flexibility index (Phi) is 2.32. The molecule has 0 radical (unpaired) electrons. The van der Waals surface area contributed by atoms with Crippen molar-refractivity contribution in [1.82, 2.24) is 0 Å². The van der Waals surface area contributed by atoms with Crippen molar-refractivity contribution in [1.29, 1.82) is 0 Å². The Morgan fingerprint density at radius 1 is 1.50 bits per heavy atom. The van der Waals surface area contributed by atoms with Gasteiger partial charge in [0.25, 0.3) is 0 Å². The number of benzene rings is 1. The van der Waals surface area contributed by atoms with Gasteiger partial charge in [-0.25, -0.2) is 0 Å². The molecule has 1 aromatic carbocycles. The van der Waals surface area contributed by atoms with Crippen LogP contribution in [0.4, 0.5) is 0 Å². The van der Waals surface area contributed by atoms with Crippen LogP contribution >= 0.6 is 15.9 Å². The van der Waals surface area contributed by atoms with E-state index in [1.54, 1.807) is 0 Å². The van der Waals surface area contributed by atoms with Crippen LogP contribution in [0.2, 0.25) is 0 Å². The van der Waals surface area contributed by atoms with E-state index in [4.69, 9.17) is 4.74 Å². The normalized spacial score (nSPS) is 17.7. The van der Waals surface area contributed by atoms with Crippen molar-refractivity contribution >= 4 is 15.9 Å². The van der Waals surface area contributed by atoms with Crippen molar-refractivity contribution < 1.29 is 9.84 Å². The lowest BCUT2D eigenvalue weighted by atomic mass is 9.98. The van der Waals surface area contributed by atoms with Gasteiger partial charge in [-0.1, -0.05) is 6.07 Å². The van der Waals surface area contributed by atoms with E-state index in [1.165, 1.54) is 0 Å². The summed E-state index contributed by atoms with van der Waals surface area (Å²) in [7, 11) is 0. The van der Waals surface area contributed by atoms with E-state index < -0.39 is 0 Å². The maximum Gasteiger partial charge on any atom is 0.138 e. The molecule has 0 saturated heterocycles. The highest BCUT2D eigenvalue weighted by atomic mass is 79.9. The summed E-state index contributed by atoms with van der Waals surface area (Å²) >= 11 is 3.46. The fraction of sp³-hybridized carbons (Fsp3) is 0.455. The van der Waals surface area contributed by atoms with Gasteiger partial charge in [-0.15, -0.1) is 0 Å². The fourth-order valence-electron chi connectivity index (χ4n) is 1.83. The Morgan fingerprint density at radius 2 is 2.21 bits per heavy atom. The molecule has 0 unspecified atom stereocenters. The molecular weight excluding hydrogens is 244 g/mol. The van der Waals surface area contributed by atoms with Gasteiger partial charge in [-0.05, 0) is 41.4 Å². The zero-order chi connectivity index (χ0) is 10.3. The first kappa shape index (κ1) is 9.99. The van der Waals surface area contributed by atoms with Crippen LogP contribution in [0.1, 0.15) is 25.0 Å². The standard InChI is InChI=1S/C11H13BrO2/c1-11(2)5-8-7(6-13)3-4-9(12)10(8)14-11/h3-4,13H,5-6H2,1-2H3. The highest BCUT2D eigenvalue weighted by molar-refractivity contribution is 9.10. The summed E-state index contributed by atoms with van der Waals surface area (Å²) in [4.78, 5) is 0. The first-order valence-corrected chi connectivity index (χ1v) is 5.43. The van der Waals surface area contributed by atoms with Crippen LogP contribution in [0.25, 0.3) is 0 Å². The summed E-state index contributed by atoms with van der Waals surface area (Å²) < 4.78 is 6.78. The Balaban J connectivity index is 2.53. The first-order chi connectivity index (χ1) is 6.53. The third-order valence-corrected chi connectivity index (χ3v) is 3.09. The molecule has 1 aliphatic heterocycles. The van der Waals surface area contributed by atoms with Crippen LogP contribution in [-0.4, -0.2) is 10.7 Å². The number of halogens is 1. The Hall–Kier alpha value is -0.540. The van der Waals surface area contributed by atoms with Gasteiger partial charge >= 0.3 is 0 Å². The quantitative estimate of drug-likeness (QED) is 0.838. The zero-order valence-corrected chi connectivity index (χ0v) is 9.89. The van der Waals surface area contributed by atoms with E-state index in [2.05, 4.69) is 29.8 Å². The van der Waals surface area contributed by atoms with E-state index in [9.17, 15) is 5.11 Å². The van der Waals surface area contributed by atoms with Crippen molar-refractivity contribution in [2.24, 2.45) is 0 Å². The highest BCUT2D eigenvalue weighted by Gasteiger charge is 2.32. The molecule has 3 heteroatoms. The Labute approximate surface area is 92.0 Å². The molecule has 2 nitrogen and oxygen atoms in total. The summed E-state index contributed by atoms with van der Waals surface area (Å²) in [5.41, 5.74) is 1.94. The van der Waals surface area contributed by atoms with E-state index in [0.29, 0.717) is 0 Å². The highest BCUT2D eigenvalue weighted by Crippen LogP contribution is 2.42. The number of aliphatic hydroxyl groups is 1. The molecule has 0 bridgehead atoms. The maximum absolute atomic E-state index is 9.19. The minimum absolute atomic E-state index is 0.0784. The smallest absolute Gasteiger partial charge is 0.138 e. The molecule has 0 saturated carbocycles. The summed E-state index contributed by atoms with van der Waals surface area (Å²) in [5, 5.41) is 9.19. The van der Waals surface area contributed by atoms with Crippen LogP contribution in [0.5, 0.6) is 5.75 Å². The average molecular weight is 257 g/mol. The van der Waals surface area contributed by atoms with Crippen LogP contribution in [-0.2, 0) is 13.0 Å². The summed E-state index contributed by atoms with van der Waals surface area (Å²) in [6, 6.07) is 3.86. The number of fused-ring (bicyclic) bond motifs is 1. The third-order valence-electron chi connectivity index (χ3n) is 2.46. The second-order valence-corrected chi connectivity index (χ2v) is 5.07. The molecule has 0 atom stereocenters. The maximum atomic E-state index is 9.19. The van der Waals surface area contributed by atoms with E-state index >= 15 is 0 Å². The molecule has 76 valence electrons. The van der Waals surface area contributed by atoms with Gasteiger partial charge in [0, 0.05) is 12.0 Å². The number of rotatable bonds is 1. The van der Waals surface area contributed by atoms with Gasteiger partial charge in [0.1, 0.15) is 11.4 Å². The lowest BCUT2D eigenvalue weighted by molar-refractivity contribution is 0.137. The summed E-state index contributed by atoms with van der Waals surface area (Å²) in [6.07, 6.45) is 0.859. The third kappa shape index (κ3) is 1.55. The SMILES string of the molecule is CC1(C)Cc2c(CO)ccc(Br)c2O1. The van der Waals surface area contributed by atoms with Crippen molar-refractivity contribution in [3.8, 4) is 5.75 Å². The van der Waals surface area contributed by atoms with E-state index in [0.717, 1.165) is 27.8 Å². The molecule has 1 aliphatic rings. The van der Waals surface area contributed by atoms with Crippen molar-refractivity contribution in [3.63, 3.8) is 0 Å². The lowest BCUT2D eigenvalue weighted by Crippen LogP contribution is -2.24. The molecule has 1 N–H and O–H groups in total. The van der Waals surface area contributed by atoms with Crippen LogP contribution in [0.3, 0.4) is 0 Å². The number of ether oxygens (including phenoxy) is 1. The minimum atomic E-state index is -0.157. The monoisotopic (exact) mass is 256 g/mol. The second-order valence-electron chi connectivity index (χ2n) is 4.21. The molecule has 1 aromatic rings. The molecular formula is C11H13BrO2. The van der Waals surface area contributed by atoms with Crippen molar-refractivity contribution in [3.05, 3.63) is 27.7 Å². The predicted molar refractivity (Wildman–Crippen MR) is 58.5 cm³/mol. The molecule has 2 rings (SSSR count). The second kappa shape index (κ2) is 3.24. The Morgan fingerprint density at radius 3 is 2.86 bits per heavy atom. The molecule has 0 aliphatic carbocycles. The predicted octanol–water partition coefficient (Wildman–Crippen LogP) is 2.65. The van der Waals surface area contributed by atoms with Crippen molar-refractivity contribution in [2.45, 2.75) is 32.5 Å². The average Bonchev–Trinajstić information content (AvgIpc) is 2.42. The van der Waals surface area contributed by atoms with Crippen LogP contribution < -0.4 is 4.74 Å². The van der Waals surface area contributed by atoms with E-state index in [-0.39, 0.29) is 12.2 Å². The number of hydrogen-bond acceptors (Lipinski definition) is 2. The Bertz CT molecular complexity index is 372. The molecule has 0 spiro atoms. The number of hydrogen-bond donors (Lipinski definition) is 1. The largest absolute Gasteiger partial charge is 0.486 e. The minimum Gasteiger partial charge on any atom is -0.486 e. The van der Waals surface area contributed by atoms with Gasteiger partial charge in [-0.2, -0.15) is 0 Å². The molecule has 1 heterocycles.